The molecule has 0 saturated heterocycles. The molecule has 0 aliphatic carbocycles. The first-order chi connectivity index (χ1) is 4.00. The molecule has 0 unspecified atom stereocenters. The van der Waals surface area contributed by atoms with E-state index in [1.165, 1.54) is 18.0 Å². The van der Waals surface area contributed by atoms with Gasteiger partial charge in [0.25, 0.3) is 0 Å². The van der Waals surface area contributed by atoms with Crippen LogP contribution in [-0.2, 0) is 115 Å². The Balaban J connectivity index is -0.00000000500. The first-order valence-corrected chi connectivity index (χ1v) is 6.94. The van der Waals surface area contributed by atoms with E-state index in [0.29, 0.717) is 19.8 Å². The molecule has 1 nitrogen and oxygen atoms in total. The molecule has 0 aliphatic heterocycles. The van der Waals surface area contributed by atoms with Crippen molar-refractivity contribution in [1.29, 1.82) is 0 Å². The van der Waals surface area contributed by atoms with Crippen LogP contribution in [0.1, 0.15) is 0 Å². The van der Waals surface area contributed by atoms with Crippen LogP contribution in [0.2, 0.25) is 0 Å². The van der Waals surface area contributed by atoms with E-state index in [0.717, 1.165) is 0 Å². The van der Waals surface area contributed by atoms with Gasteiger partial charge in [-0.1, -0.05) is 0 Å². The van der Waals surface area contributed by atoms with Crippen molar-refractivity contribution in [3.05, 3.63) is 0 Å². The fourth-order valence-corrected chi connectivity index (χ4v) is 0. The zero-order valence-corrected chi connectivity index (χ0v) is 14.0. The third kappa shape index (κ3) is 104. The Labute approximate surface area is 123 Å². The summed E-state index contributed by atoms with van der Waals surface area (Å²) < 4.78 is 8.26. The summed E-state index contributed by atoms with van der Waals surface area (Å²) in [5.74, 6) is 0. The van der Waals surface area contributed by atoms with Gasteiger partial charge in [0, 0.05) is 0 Å². The van der Waals surface area contributed by atoms with Crippen LogP contribution in [0.3, 0.4) is 0 Å². The van der Waals surface area contributed by atoms with E-state index in [9.17, 15) is 0 Å². The predicted molar refractivity (Wildman–Crippen MR) is 55.3 cm³/mol. The number of thiol groups is 2. The summed E-state index contributed by atoms with van der Waals surface area (Å²) in [4.78, 5) is 0. The van der Waals surface area contributed by atoms with Gasteiger partial charge in [0.2, 0.25) is 0 Å². The van der Waals surface area contributed by atoms with Crippen molar-refractivity contribution in [2.24, 2.45) is 0 Å². The molecular formula is H2Mo2OS7-2. The Morgan fingerprint density at radius 2 is 0.900 bits per heavy atom. The summed E-state index contributed by atoms with van der Waals surface area (Å²) in [6.45, 7) is 0. The van der Waals surface area contributed by atoms with Gasteiger partial charge in [0.05, 0.1) is 0 Å². The zero-order chi connectivity index (χ0) is 8.00. The number of hydrogen-bond donors (Lipinski definition) is 0. The molecule has 0 saturated carbocycles. The molecular weight excluding hydrogens is 432 g/mol. The second-order valence-electron chi connectivity index (χ2n) is 0. The number of rotatable bonds is 0. The van der Waals surface area contributed by atoms with Crippen LogP contribution in [0, 0.1) is 0 Å². The Hall–Kier alpha value is 3.50. The molecule has 0 heterocycles. The fourth-order valence-electron chi connectivity index (χ4n) is 0. The van der Waals surface area contributed by atoms with Gasteiger partial charge in [-0.3, -0.25) is 0 Å². The van der Waals surface area contributed by atoms with Crippen molar-refractivity contribution in [2.75, 3.05) is 0 Å². The summed E-state index contributed by atoms with van der Waals surface area (Å²) in [7, 11) is 4.09. The molecule has 0 aromatic rings. The molecule has 0 aliphatic rings. The molecule has 0 bridgehead atoms. The molecule has 0 amide bonds. The minimum atomic E-state index is 0. The van der Waals surface area contributed by atoms with Gasteiger partial charge in [0.1, 0.15) is 0 Å². The van der Waals surface area contributed by atoms with Gasteiger partial charge in [-0.15, -0.1) is 0 Å². The van der Waals surface area contributed by atoms with Gasteiger partial charge >= 0.3 is 51.0 Å². The Morgan fingerprint density at radius 1 is 0.900 bits per heavy atom. The average molecular weight is 434 g/mol. The summed E-state index contributed by atoms with van der Waals surface area (Å²) in [6, 6.07) is 0. The maximum atomic E-state index is 8.26. The normalized spacial score (nSPS) is 2.20. The van der Waals surface area contributed by atoms with Crippen LogP contribution in [0.5, 0.6) is 0 Å². The van der Waals surface area contributed by atoms with E-state index >= 15 is 0 Å². The molecule has 0 rings (SSSR count). The summed E-state index contributed by atoms with van der Waals surface area (Å²) in [5.41, 5.74) is 0. The molecule has 64 valence electrons. The molecule has 0 aromatic heterocycles. The van der Waals surface area contributed by atoms with E-state index < -0.39 is 0 Å². The van der Waals surface area contributed by atoms with Crippen molar-refractivity contribution < 1.29 is 41.2 Å². The third-order valence-electron chi connectivity index (χ3n) is 0. The molecule has 10 heavy (non-hydrogen) atoms. The van der Waals surface area contributed by atoms with Gasteiger partial charge in [-0.25, -0.2) is 0 Å². The van der Waals surface area contributed by atoms with Crippen LogP contribution in [0.15, 0.2) is 0 Å². The van der Waals surface area contributed by atoms with Crippen LogP contribution in [0.4, 0.5) is 0 Å². The molecule has 0 aromatic carbocycles. The summed E-state index contributed by atoms with van der Waals surface area (Å²) in [6.07, 6.45) is 0. The van der Waals surface area contributed by atoms with Gasteiger partial charge in [-0.2, -0.15) is 0 Å². The molecule has 0 atom stereocenters. The van der Waals surface area contributed by atoms with Gasteiger partial charge in [0.15, 0.2) is 0 Å². The minimum absolute atomic E-state index is 0. The maximum absolute atomic E-state index is 8.26. The Bertz CT molecular complexity index is 13.6. The fraction of sp³-hybridized carbons (Fsp3) is 0. The number of hydrogen-bond acceptors (Lipinski definition) is 8. The monoisotopic (exact) mass is 438 g/mol. The van der Waals surface area contributed by atoms with Crippen molar-refractivity contribution in [3.8, 4) is 0 Å². The first-order valence-electron chi connectivity index (χ1n) is 0.667. The van der Waals surface area contributed by atoms with Crippen LogP contribution in [0.25, 0.3) is 0 Å². The van der Waals surface area contributed by atoms with E-state index in [2.05, 4.69) is 56.5 Å². The topological polar surface area (TPSA) is 17.1 Å². The van der Waals surface area contributed by atoms with Gasteiger partial charge in [-0.05, 0) is 0 Å². The van der Waals surface area contributed by atoms with Crippen LogP contribution in [-0.4, -0.2) is 0 Å². The molecule has 0 N–H and O–H groups in total. The molecule has 0 fully saturated rings. The van der Waals surface area contributed by atoms with E-state index in [1.807, 2.05) is 0 Å². The second kappa shape index (κ2) is 135. The Kier molecular flexibility index (Phi) is 507. The molecule has 10 heteroatoms. The summed E-state index contributed by atoms with van der Waals surface area (Å²) in [5, 5.41) is 0. The van der Waals surface area contributed by atoms with Crippen LogP contribution >= 0.6 is 9.82 Å². The van der Waals surface area contributed by atoms with E-state index in [1.54, 1.807) is 0 Å². The van der Waals surface area contributed by atoms with Crippen molar-refractivity contribution in [3.63, 3.8) is 0 Å². The van der Waals surface area contributed by atoms with E-state index in [-0.39, 0.29) is 27.0 Å². The third-order valence-corrected chi connectivity index (χ3v) is 0. The Morgan fingerprint density at radius 3 is 0.900 bits per heavy atom. The summed E-state index contributed by atoms with van der Waals surface area (Å²) >= 11 is 16.9. The standard InChI is InChI=1S/2Mo.O.2S2.2H2S.S/c;;;2*1-2;;;/h;;;;;2*1H2;/q;+4;;2*-2;;;/p-2. The van der Waals surface area contributed by atoms with Crippen molar-refractivity contribution in [2.45, 2.75) is 0 Å². The zero-order valence-electron chi connectivity index (χ0n) is 4.16. The quantitative estimate of drug-likeness (QED) is 0.226. The molecule has 0 radical (unpaired) electrons. The average Bonchev–Trinajstić information content (AvgIpc) is 2.03. The first kappa shape index (κ1) is 37.5. The van der Waals surface area contributed by atoms with Crippen molar-refractivity contribution >= 4 is 83.5 Å². The van der Waals surface area contributed by atoms with Crippen LogP contribution < -0.4 is 0 Å². The SMILES string of the molecule is [O]=[Mo+4].[S-][S-].[S-][S-].[SH-].[SH-].[S]=[Mo]. The predicted octanol–water partition coefficient (Wildman–Crippen LogP) is -0.0254. The van der Waals surface area contributed by atoms with E-state index in [4.69, 9.17) is 3.40 Å². The second-order valence-corrected chi connectivity index (χ2v) is 0. The molecule has 0 spiro atoms. The van der Waals surface area contributed by atoms with Crippen molar-refractivity contribution in [1.82, 2.24) is 0 Å². The van der Waals surface area contributed by atoms with Gasteiger partial charge < -0.3 is 73.6 Å².